The van der Waals surface area contributed by atoms with Crippen molar-refractivity contribution in [2.24, 2.45) is 0 Å². The van der Waals surface area contributed by atoms with Crippen LogP contribution in [0.2, 0.25) is 0 Å². The Bertz CT molecular complexity index is 157. The first-order chi connectivity index (χ1) is 3.79. The molecule has 0 aliphatic heterocycles. The fourth-order valence-electron chi connectivity index (χ4n) is 0.474. The SMILES string of the molecule is Nc1ccc(O)cc1.[H-].[K+]. The first kappa shape index (κ1) is 9.46. The van der Waals surface area contributed by atoms with Gasteiger partial charge in [0.25, 0.3) is 0 Å². The molecule has 3 N–H and O–H groups in total. The number of aromatic hydroxyl groups is 1. The molecule has 0 aromatic heterocycles. The third-order valence-corrected chi connectivity index (χ3v) is 0.893. The minimum absolute atomic E-state index is 0. The second-order valence-electron chi connectivity index (χ2n) is 1.59. The molecule has 0 spiro atoms. The first-order valence-corrected chi connectivity index (χ1v) is 2.33. The van der Waals surface area contributed by atoms with E-state index in [0.717, 1.165) is 0 Å². The number of rotatable bonds is 0. The van der Waals surface area contributed by atoms with Gasteiger partial charge in [-0.05, 0) is 24.3 Å². The second kappa shape index (κ2) is 4.30. The molecule has 1 aromatic rings. The summed E-state index contributed by atoms with van der Waals surface area (Å²) < 4.78 is 0. The molecule has 44 valence electrons. The molecule has 0 fully saturated rings. The van der Waals surface area contributed by atoms with Crippen LogP contribution in [0.25, 0.3) is 0 Å². The van der Waals surface area contributed by atoms with Crippen LogP contribution in [0, 0.1) is 0 Å². The van der Waals surface area contributed by atoms with Crippen molar-refractivity contribution < 1.29 is 57.9 Å². The molecule has 1 rings (SSSR count). The Labute approximate surface area is 98.0 Å². The van der Waals surface area contributed by atoms with E-state index in [1.807, 2.05) is 0 Å². The Kier molecular flexibility index (Phi) is 4.52. The molecule has 0 radical (unpaired) electrons. The average Bonchev–Trinajstić information content (AvgIpc) is 1.77. The van der Waals surface area contributed by atoms with Crippen molar-refractivity contribution in [3.8, 4) is 5.75 Å². The molecule has 0 saturated heterocycles. The number of hydrogen-bond donors (Lipinski definition) is 2. The van der Waals surface area contributed by atoms with E-state index < -0.39 is 0 Å². The Morgan fingerprint density at radius 3 is 2.00 bits per heavy atom. The van der Waals surface area contributed by atoms with Gasteiger partial charge in [-0.15, -0.1) is 0 Å². The van der Waals surface area contributed by atoms with Crippen LogP contribution in [0.1, 0.15) is 1.43 Å². The van der Waals surface area contributed by atoms with Gasteiger partial charge in [-0.3, -0.25) is 0 Å². The number of phenolic OH excluding ortho intramolecular Hbond substituents is 1. The monoisotopic (exact) mass is 149 g/mol. The molecular formula is C6H8KNO. The summed E-state index contributed by atoms with van der Waals surface area (Å²) in [7, 11) is 0. The maximum Gasteiger partial charge on any atom is 1.00 e. The molecule has 0 aliphatic rings. The van der Waals surface area contributed by atoms with Gasteiger partial charge in [0, 0.05) is 5.69 Å². The van der Waals surface area contributed by atoms with Crippen molar-refractivity contribution in [3.63, 3.8) is 0 Å². The summed E-state index contributed by atoms with van der Waals surface area (Å²) in [5.74, 6) is 0.249. The van der Waals surface area contributed by atoms with Crippen LogP contribution in [-0.4, -0.2) is 5.11 Å². The summed E-state index contributed by atoms with van der Waals surface area (Å²) in [5.41, 5.74) is 5.98. The van der Waals surface area contributed by atoms with Gasteiger partial charge in [0.2, 0.25) is 0 Å². The molecule has 0 bridgehead atoms. The largest absolute Gasteiger partial charge is 1.00 e. The third kappa shape index (κ3) is 3.22. The van der Waals surface area contributed by atoms with Gasteiger partial charge in [0.1, 0.15) is 5.75 Å². The fraction of sp³-hybridized carbons (Fsp3) is 0. The normalized spacial score (nSPS) is 8.00. The Balaban J connectivity index is 0. The van der Waals surface area contributed by atoms with Gasteiger partial charge in [-0.2, -0.15) is 0 Å². The number of nitrogen functional groups attached to an aromatic ring is 1. The first-order valence-electron chi connectivity index (χ1n) is 2.33. The zero-order chi connectivity index (χ0) is 5.98. The topological polar surface area (TPSA) is 46.2 Å². The van der Waals surface area contributed by atoms with Crippen LogP contribution in [0.4, 0.5) is 5.69 Å². The zero-order valence-electron chi connectivity index (χ0n) is 6.33. The molecule has 0 heterocycles. The standard InChI is InChI=1S/C6H7NO.K.H/c7-5-1-3-6(8)4-2-5;;/h1-4,8H,7H2;;/q;+1;-1. The average molecular weight is 149 g/mol. The maximum absolute atomic E-state index is 8.70. The summed E-state index contributed by atoms with van der Waals surface area (Å²) in [6.45, 7) is 0. The Hall–Kier alpha value is 0.456. The smallest absolute Gasteiger partial charge is 1.00 e. The van der Waals surface area contributed by atoms with E-state index in [1.165, 1.54) is 0 Å². The van der Waals surface area contributed by atoms with E-state index in [-0.39, 0.29) is 58.6 Å². The van der Waals surface area contributed by atoms with Crippen LogP contribution in [0.15, 0.2) is 24.3 Å². The fourth-order valence-corrected chi connectivity index (χ4v) is 0.474. The Morgan fingerprint density at radius 2 is 1.67 bits per heavy atom. The van der Waals surface area contributed by atoms with Crippen molar-refractivity contribution in [3.05, 3.63) is 24.3 Å². The van der Waals surface area contributed by atoms with Crippen LogP contribution >= 0.6 is 0 Å². The van der Waals surface area contributed by atoms with Gasteiger partial charge in [-0.25, -0.2) is 0 Å². The van der Waals surface area contributed by atoms with Gasteiger partial charge in [-0.1, -0.05) is 0 Å². The van der Waals surface area contributed by atoms with Crippen molar-refractivity contribution in [2.45, 2.75) is 0 Å². The summed E-state index contributed by atoms with van der Waals surface area (Å²) >= 11 is 0. The second-order valence-corrected chi connectivity index (χ2v) is 1.59. The van der Waals surface area contributed by atoms with Gasteiger partial charge >= 0.3 is 51.4 Å². The molecule has 0 amide bonds. The summed E-state index contributed by atoms with van der Waals surface area (Å²) in [6, 6.07) is 6.40. The van der Waals surface area contributed by atoms with E-state index in [1.54, 1.807) is 24.3 Å². The maximum atomic E-state index is 8.70. The van der Waals surface area contributed by atoms with E-state index in [0.29, 0.717) is 5.69 Å². The van der Waals surface area contributed by atoms with Crippen molar-refractivity contribution in [1.82, 2.24) is 0 Å². The number of anilines is 1. The molecule has 1 aromatic carbocycles. The number of benzene rings is 1. The summed E-state index contributed by atoms with van der Waals surface area (Å²) in [5, 5.41) is 8.70. The number of nitrogens with two attached hydrogens (primary N) is 1. The van der Waals surface area contributed by atoms with Crippen molar-refractivity contribution in [1.29, 1.82) is 0 Å². The Morgan fingerprint density at radius 1 is 1.22 bits per heavy atom. The van der Waals surface area contributed by atoms with Gasteiger partial charge in [0.05, 0.1) is 0 Å². The van der Waals surface area contributed by atoms with Crippen molar-refractivity contribution >= 4 is 5.69 Å². The molecule has 0 unspecified atom stereocenters. The van der Waals surface area contributed by atoms with Gasteiger partial charge < -0.3 is 12.3 Å². The minimum atomic E-state index is 0. The molecule has 3 heteroatoms. The van der Waals surface area contributed by atoms with E-state index >= 15 is 0 Å². The molecule has 0 aliphatic carbocycles. The van der Waals surface area contributed by atoms with E-state index in [2.05, 4.69) is 0 Å². The summed E-state index contributed by atoms with van der Waals surface area (Å²) in [4.78, 5) is 0. The molecule has 0 atom stereocenters. The number of phenols is 1. The zero-order valence-corrected chi connectivity index (χ0v) is 8.46. The van der Waals surface area contributed by atoms with E-state index in [9.17, 15) is 0 Å². The molecule has 0 saturated carbocycles. The van der Waals surface area contributed by atoms with Crippen LogP contribution < -0.4 is 57.1 Å². The predicted molar refractivity (Wildman–Crippen MR) is 33.6 cm³/mol. The molecular weight excluding hydrogens is 141 g/mol. The molecule has 2 nitrogen and oxygen atoms in total. The van der Waals surface area contributed by atoms with Crippen molar-refractivity contribution in [2.75, 3.05) is 5.73 Å². The quantitative estimate of drug-likeness (QED) is 0.257. The predicted octanol–water partition coefficient (Wildman–Crippen LogP) is -1.91. The van der Waals surface area contributed by atoms with Crippen LogP contribution in [0.3, 0.4) is 0 Å². The van der Waals surface area contributed by atoms with Crippen LogP contribution in [0.5, 0.6) is 5.75 Å². The van der Waals surface area contributed by atoms with E-state index in [4.69, 9.17) is 10.8 Å². The minimum Gasteiger partial charge on any atom is -1.00 e. The summed E-state index contributed by atoms with van der Waals surface area (Å²) in [6.07, 6.45) is 0. The van der Waals surface area contributed by atoms with Gasteiger partial charge in [0.15, 0.2) is 0 Å². The van der Waals surface area contributed by atoms with Crippen LogP contribution in [-0.2, 0) is 0 Å². The third-order valence-electron chi connectivity index (χ3n) is 0.893. The number of hydrogen-bond acceptors (Lipinski definition) is 2. The molecule has 9 heavy (non-hydrogen) atoms.